The van der Waals surface area contributed by atoms with E-state index < -0.39 is 0 Å². The Balaban J connectivity index is 1.17. The predicted octanol–water partition coefficient (Wildman–Crippen LogP) is 1.99. The van der Waals surface area contributed by atoms with Gasteiger partial charge in [-0.25, -0.2) is 0 Å². The second-order valence-electron chi connectivity index (χ2n) is 9.15. The van der Waals surface area contributed by atoms with Gasteiger partial charge in [0.2, 0.25) is 17.7 Å². The monoisotopic (exact) mass is 427 g/mol. The summed E-state index contributed by atoms with van der Waals surface area (Å²) in [5.41, 5.74) is 1.14. The van der Waals surface area contributed by atoms with Gasteiger partial charge in [0.1, 0.15) is 5.75 Å². The van der Waals surface area contributed by atoms with E-state index in [-0.39, 0.29) is 23.6 Å². The molecule has 0 bridgehead atoms. The number of likely N-dealkylation sites (tertiary alicyclic amines) is 2. The lowest BCUT2D eigenvalue weighted by Crippen LogP contribution is -2.42. The Morgan fingerprint density at radius 3 is 2.45 bits per heavy atom. The van der Waals surface area contributed by atoms with E-state index in [1.165, 1.54) is 0 Å². The zero-order valence-electron chi connectivity index (χ0n) is 18.3. The summed E-state index contributed by atoms with van der Waals surface area (Å²) < 4.78 is 5.17. The van der Waals surface area contributed by atoms with E-state index in [0.717, 1.165) is 56.5 Å². The van der Waals surface area contributed by atoms with Gasteiger partial charge in [0, 0.05) is 45.1 Å². The molecule has 2 aliphatic heterocycles. The Hall–Kier alpha value is -2.57. The molecule has 2 heterocycles. The van der Waals surface area contributed by atoms with Crippen molar-refractivity contribution in [1.82, 2.24) is 15.1 Å². The van der Waals surface area contributed by atoms with Crippen molar-refractivity contribution in [2.45, 2.75) is 51.0 Å². The molecule has 168 valence electrons. The van der Waals surface area contributed by atoms with Crippen LogP contribution < -0.4 is 10.1 Å². The Bertz CT molecular complexity index is 798. The Kier molecular flexibility index (Phi) is 6.78. The number of carbonyl (C=O) groups excluding carboxylic acids is 3. The fourth-order valence-electron chi connectivity index (χ4n) is 4.55. The molecule has 1 N–H and O–H groups in total. The van der Waals surface area contributed by atoms with Gasteiger partial charge in [-0.15, -0.1) is 0 Å². The van der Waals surface area contributed by atoms with Crippen molar-refractivity contribution in [1.29, 1.82) is 0 Å². The molecule has 1 aromatic carbocycles. The van der Waals surface area contributed by atoms with Crippen LogP contribution in [0.3, 0.4) is 0 Å². The fourth-order valence-corrected chi connectivity index (χ4v) is 4.55. The highest BCUT2D eigenvalue weighted by atomic mass is 16.5. The first-order valence-electron chi connectivity index (χ1n) is 11.5. The molecule has 0 radical (unpaired) electrons. The molecule has 7 nitrogen and oxygen atoms in total. The van der Waals surface area contributed by atoms with Crippen LogP contribution in [0.2, 0.25) is 0 Å². The molecule has 31 heavy (non-hydrogen) atoms. The van der Waals surface area contributed by atoms with Gasteiger partial charge in [-0.3, -0.25) is 14.4 Å². The van der Waals surface area contributed by atoms with E-state index in [1.807, 2.05) is 34.1 Å². The van der Waals surface area contributed by atoms with Crippen LogP contribution in [0.15, 0.2) is 24.3 Å². The van der Waals surface area contributed by atoms with Gasteiger partial charge < -0.3 is 19.9 Å². The normalized spacial score (nSPS) is 22.0. The lowest BCUT2D eigenvalue weighted by Gasteiger charge is -2.34. The van der Waals surface area contributed by atoms with E-state index in [2.05, 4.69) is 5.32 Å². The fraction of sp³-hybridized carbons (Fsp3) is 0.625. The molecule has 1 unspecified atom stereocenters. The van der Waals surface area contributed by atoms with Crippen LogP contribution >= 0.6 is 0 Å². The molecule has 3 amide bonds. The molecule has 1 saturated carbocycles. The van der Waals surface area contributed by atoms with Crippen molar-refractivity contribution in [3.63, 3.8) is 0 Å². The largest absolute Gasteiger partial charge is 0.497 e. The number of hydrogen-bond donors (Lipinski definition) is 1. The van der Waals surface area contributed by atoms with Crippen LogP contribution in [-0.4, -0.2) is 66.9 Å². The molecule has 7 heteroatoms. The minimum atomic E-state index is -0.201. The molecule has 4 rings (SSSR count). The summed E-state index contributed by atoms with van der Waals surface area (Å²) in [6.07, 6.45) is 5.53. The van der Waals surface area contributed by atoms with Gasteiger partial charge in [-0.05, 0) is 55.7 Å². The average Bonchev–Trinajstić information content (AvgIpc) is 3.53. The number of piperidine rings is 1. The number of methoxy groups -OCH3 is 1. The van der Waals surface area contributed by atoms with Crippen LogP contribution in [0.1, 0.15) is 44.1 Å². The minimum Gasteiger partial charge on any atom is -0.497 e. The molecule has 1 aromatic rings. The number of ether oxygens (including phenoxy) is 1. The third kappa shape index (κ3) is 5.77. The van der Waals surface area contributed by atoms with Gasteiger partial charge in [-0.2, -0.15) is 0 Å². The van der Waals surface area contributed by atoms with Gasteiger partial charge >= 0.3 is 0 Å². The third-order valence-corrected chi connectivity index (χ3v) is 6.74. The highest BCUT2D eigenvalue weighted by Crippen LogP contribution is 2.26. The average molecular weight is 428 g/mol. The second-order valence-corrected chi connectivity index (χ2v) is 9.15. The molecule has 3 fully saturated rings. The molecule has 1 aliphatic carbocycles. The lowest BCUT2D eigenvalue weighted by atomic mass is 9.95. The van der Waals surface area contributed by atoms with E-state index in [4.69, 9.17) is 4.74 Å². The number of benzene rings is 1. The lowest BCUT2D eigenvalue weighted by molar-refractivity contribution is -0.133. The van der Waals surface area contributed by atoms with Crippen LogP contribution in [0.4, 0.5) is 0 Å². The van der Waals surface area contributed by atoms with Crippen LogP contribution in [-0.2, 0) is 20.8 Å². The van der Waals surface area contributed by atoms with Crippen molar-refractivity contribution >= 4 is 17.7 Å². The topological polar surface area (TPSA) is 79.0 Å². The van der Waals surface area contributed by atoms with Crippen molar-refractivity contribution in [2.24, 2.45) is 11.8 Å². The maximum absolute atomic E-state index is 12.6. The summed E-state index contributed by atoms with van der Waals surface area (Å²) in [6.45, 7) is 2.75. The van der Waals surface area contributed by atoms with Gasteiger partial charge in [-0.1, -0.05) is 12.1 Å². The van der Waals surface area contributed by atoms with Gasteiger partial charge in [0.05, 0.1) is 13.0 Å². The van der Waals surface area contributed by atoms with Crippen LogP contribution in [0, 0.1) is 11.8 Å². The van der Waals surface area contributed by atoms with Crippen molar-refractivity contribution in [3.05, 3.63) is 29.8 Å². The van der Waals surface area contributed by atoms with Gasteiger partial charge in [0.15, 0.2) is 0 Å². The first kappa shape index (κ1) is 21.7. The first-order chi connectivity index (χ1) is 15.0. The number of aryl methyl sites for hydroxylation is 1. The maximum atomic E-state index is 12.6. The summed E-state index contributed by atoms with van der Waals surface area (Å²) in [5.74, 6) is 1.35. The Morgan fingerprint density at radius 2 is 1.81 bits per heavy atom. The van der Waals surface area contributed by atoms with Crippen molar-refractivity contribution in [3.8, 4) is 5.75 Å². The van der Waals surface area contributed by atoms with E-state index in [9.17, 15) is 14.4 Å². The quantitative estimate of drug-likeness (QED) is 0.688. The van der Waals surface area contributed by atoms with Crippen molar-refractivity contribution < 1.29 is 19.1 Å². The predicted molar refractivity (Wildman–Crippen MR) is 116 cm³/mol. The van der Waals surface area contributed by atoms with E-state index in [1.54, 1.807) is 7.11 Å². The Morgan fingerprint density at radius 1 is 1.10 bits per heavy atom. The molecule has 3 aliphatic rings. The molecule has 1 atom stereocenters. The number of rotatable bonds is 8. The maximum Gasteiger partial charge on any atom is 0.225 e. The van der Waals surface area contributed by atoms with Gasteiger partial charge in [0.25, 0.3) is 0 Å². The highest BCUT2D eigenvalue weighted by Gasteiger charge is 2.37. The van der Waals surface area contributed by atoms with E-state index >= 15 is 0 Å². The molecular weight excluding hydrogens is 394 g/mol. The summed E-state index contributed by atoms with van der Waals surface area (Å²) in [6, 6.07) is 8.19. The molecule has 2 saturated heterocycles. The summed E-state index contributed by atoms with van der Waals surface area (Å²) >= 11 is 0. The van der Waals surface area contributed by atoms with Crippen molar-refractivity contribution in [2.75, 3.05) is 33.3 Å². The SMILES string of the molecule is COc1ccc(CCC(=O)N2CCC(CN3CC(C(=O)NC4CC4)CC3=O)CC2)cc1. The summed E-state index contributed by atoms with van der Waals surface area (Å²) in [5, 5.41) is 3.02. The first-order valence-corrected chi connectivity index (χ1v) is 11.5. The van der Waals surface area contributed by atoms with Crippen LogP contribution in [0.25, 0.3) is 0 Å². The summed E-state index contributed by atoms with van der Waals surface area (Å²) in [4.78, 5) is 41.0. The number of carbonyl (C=O) groups is 3. The minimum absolute atomic E-state index is 0.0376. The number of nitrogens with one attached hydrogen (secondary N) is 1. The Labute approximate surface area is 184 Å². The standard InChI is InChI=1S/C24H33N3O4/c1-31-21-7-2-17(3-8-21)4-9-22(28)26-12-10-18(11-13-26)15-27-16-19(14-23(27)29)24(30)25-20-5-6-20/h2-3,7-8,18-20H,4-6,9-16H2,1H3,(H,25,30). The highest BCUT2D eigenvalue weighted by molar-refractivity contribution is 5.89. The molecular formula is C24H33N3O4. The molecule has 0 spiro atoms. The third-order valence-electron chi connectivity index (χ3n) is 6.74. The second kappa shape index (κ2) is 9.71. The van der Waals surface area contributed by atoms with E-state index in [0.29, 0.717) is 37.9 Å². The summed E-state index contributed by atoms with van der Waals surface area (Å²) in [7, 11) is 1.64. The zero-order chi connectivity index (χ0) is 21.8. The zero-order valence-corrected chi connectivity index (χ0v) is 18.3. The number of amides is 3. The number of hydrogen-bond acceptors (Lipinski definition) is 4. The number of nitrogens with zero attached hydrogens (tertiary/aromatic N) is 2. The molecule has 0 aromatic heterocycles. The van der Waals surface area contributed by atoms with Crippen LogP contribution in [0.5, 0.6) is 5.75 Å². The smallest absolute Gasteiger partial charge is 0.225 e.